The van der Waals surface area contributed by atoms with Gasteiger partial charge < -0.3 is 26.6 Å². The van der Waals surface area contributed by atoms with E-state index in [9.17, 15) is 10.00 Å². The molecule has 5 atom stereocenters. The lowest BCUT2D eigenvalue weighted by molar-refractivity contribution is -0.0409. The number of hydrogen-bond acceptors (Lipinski definition) is 10. The second kappa shape index (κ2) is 5.20. The second-order valence-corrected chi connectivity index (χ2v) is 6.28. The smallest absolute Gasteiger partial charge is 0.393 e. The lowest BCUT2D eigenvalue weighted by atomic mass is 10.1. The highest BCUT2D eigenvalue weighted by atomic mass is 31.2. The Morgan fingerprint density at radius 1 is 1.43 bits per heavy atom. The van der Waals surface area contributed by atoms with Crippen molar-refractivity contribution < 1.29 is 23.8 Å². The summed E-state index contributed by atoms with van der Waals surface area (Å²) in [5.74, 6) is 0.336. The quantitative estimate of drug-likeness (QED) is 0.317. The molecule has 1 aromatic rings. The number of aromatic nitrogens is 2. The van der Waals surface area contributed by atoms with Gasteiger partial charge in [0, 0.05) is 0 Å². The van der Waals surface area contributed by atoms with Crippen molar-refractivity contribution >= 4 is 32.7 Å². The fraction of sp³-hybridized carbons (Fsp3) is 0.556. The number of fused-ring (bicyclic) bond motifs is 1. The highest BCUT2D eigenvalue weighted by molar-refractivity contribution is 7.85. The number of anilines is 3. The molecule has 1 aromatic heterocycles. The Balaban J connectivity index is 1.75. The molecule has 0 amide bonds. The first-order valence-electron chi connectivity index (χ1n) is 6.07. The maximum Gasteiger partial charge on any atom is 0.488 e. The molecule has 2 aliphatic heterocycles. The van der Waals surface area contributed by atoms with E-state index in [0.29, 0.717) is 0 Å². The standard InChI is InChI=1S/C9H14BN5O5P/c10-21(17)18-1-3-6(20-21)5(16)9(19-3)15-8-4(11)7(12)13-2-14-8/h2-3,5-6,9,16-17H,1,11H2,(H3,12,13,14,15)/q+1/t3?,5?,6-,9?,21?/m1/s1. The lowest BCUT2D eigenvalue weighted by Gasteiger charge is -2.27. The Hall–Kier alpha value is -1.23. The minimum absolute atomic E-state index is 0.0160. The van der Waals surface area contributed by atoms with Crippen LogP contribution in [0.1, 0.15) is 0 Å². The maximum atomic E-state index is 10.2. The van der Waals surface area contributed by atoms with Crippen molar-refractivity contribution in [3.63, 3.8) is 0 Å². The van der Waals surface area contributed by atoms with Crippen molar-refractivity contribution in [2.75, 3.05) is 23.4 Å². The van der Waals surface area contributed by atoms with E-state index in [2.05, 4.69) is 15.3 Å². The van der Waals surface area contributed by atoms with Crippen molar-refractivity contribution in [2.24, 2.45) is 0 Å². The zero-order valence-corrected chi connectivity index (χ0v) is 11.7. The van der Waals surface area contributed by atoms with Gasteiger partial charge in [-0.1, -0.05) is 0 Å². The normalized spacial score (nSPS) is 39.0. The van der Waals surface area contributed by atoms with E-state index in [1.165, 1.54) is 6.33 Å². The van der Waals surface area contributed by atoms with Crippen LogP contribution in [-0.2, 0) is 13.8 Å². The van der Waals surface area contributed by atoms with Gasteiger partial charge in [-0.05, 0) is 0 Å². The third-order valence-corrected chi connectivity index (χ3v) is 4.29. The van der Waals surface area contributed by atoms with Gasteiger partial charge in [-0.3, -0.25) is 0 Å². The fourth-order valence-corrected chi connectivity index (χ4v) is 3.20. The van der Waals surface area contributed by atoms with E-state index < -0.39 is 32.4 Å². The molecule has 10 nitrogen and oxygen atoms in total. The molecule has 0 spiro atoms. The van der Waals surface area contributed by atoms with Crippen LogP contribution < -0.4 is 16.8 Å². The SMILES string of the molecule is [B][P+]1(O)OCC2OC(Nc3ncnc(N)c3N)C(O)[C@@H]2O1. The van der Waals surface area contributed by atoms with Crippen molar-refractivity contribution in [2.45, 2.75) is 24.5 Å². The Labute approximate surface area is 121 Å². The Kier molecular flexibility index (Phi) is 3.64. The summed E-state index contributed by atoms with van der Waals surface area (Å²) < 4.78 is 15.7. The van der Waals surface area contributed by atoms with Gasteiger partial charge in [0.25, 0.3) is 0 Å². The van der Waals surface area contributed by atoms with Gasteiger partial charge >= 0.3 is 15.4 Å². The predicted molar refractivity (Wildman–Crippen MR) is 74.9 cm³/mol. The van der Waals surface area contributed by atoms with Crippen LogP contribution in [0.25, 0.3) is 0 Å². The van der Waals surface area contributed by atoms with Crippen LogP contribution in [0.5, 0.6) is 0 Å². The van der Waals surface area contributed by atoms with Gasteiger partial charge in [0.2, 0.25) is 0 Å². The number of ether oxygens (including phenoxy) is 1. The van der Waals surface area contributed by atoms with Gasteiger partial charge in [-0.2, -0.15) is 9.05 Å². The number of aliphatic hydroxyl groups is 1. The molecular formula is C9H14BN5O5P+. The third kappa shape index (κ3) is 2.76. The minimum atomic E-state index is -3.41. The van der Waals surface area contributed by atoms with Crippen molar-refractivity contribution in [1.82, 2.24) is 9.97 Å². The fourth-order valence-electron chi connectivity index (χ4n) is 2.17. The van der Waals surface area contributed by atoms with E-state index >= 15 is 0 Å². The van der Waals surface area contributed by atoms with Crippen LogP contribution in [0.3, 0.4) is 0 Å². The number of rotatable bonds is 2. The van der Waals surface area contributed by atoms with Gasteiger partial charge in [0.1, 0.15) is 30.8 Å². The zero-order chi connectivity index (χ0) is 15.2. The average Bonchev–Trinajstić information content (AvgIpc) is 2.71. The largest absolute Gasteiger partial charge is 0.488 e. The van der Waals surface area contributed by atoms with E-state index in [1.54, 1.807) is 0 Å². The molecular weight excluding hydrogens is 300 g/mol. The Bertz CT molecular complexity index is 551. The number of aliphatic hydroxyl groups excluding tert-OH is 1. The minimum Gasteiger partial charge on any atom is -0.393 e. The summed E-state index contributed by atoms with van der Waals surface area (Å²) >= 11 is 0. The molecule has 0 aliphatic carbocycles. The molecule has 2 radical (unpaired) electrons. The molecule has 3 heterocycles. The van der Waals surface area contributed by atoms with Gasteiger partial charge in [0.05, 0.1) is 0 Å². The second-order valence-electron chi connectivity index (χ2n) is 4.68. The summed E-state index contributed by atoms with van der Waals surface area (Å²) in [4.78, 5) is 17.3. The highest BCUT2D eigenvalue weighted by Crippen LogP contribution is 2.57. The molecule has 2 fully saturated rings. The van der Waals surface area contributed by atoms with E-state index in [0.717, 1.165) is 0 Å². The first kappa shape index (κ1) is 14.7. The predicted octanol–water partition coefficient (Wildman–Crippen LogP) is -1.61. The maximum absolute atomic E-state index is 10.2. The summed E-state index contributed by atoms with van der Waals surface area (Å²) in [6.45, 7) is 0.0160. The van der Waals surface area contributed by atoms with Crippen molar-refractivity contribution in [1.29, 1.82) is 0 Å². The van der Waals surface area contributed by atoms with Gasteiger partial charge in [-0.25, -0.2) is 14.9 Å². The first-order valence-corrected chi connectivity index (χ1v) is 7.71. The van der Waals surface area contributed by atoms with Gasteiger partial charge in [0.15, 0.2) is 24.0 Å². The number of nitrogens with zero attached hydrogens (tertiary/aromatic N) is 2. The van der Waals surface area contributed by atoms with E-state index in [-0.39, 0.29) is 23.9 Å². The molecule has 7 N–H and O–H groups in total. The number of hydrogen-bond donors (Lipinski definition) is 5. The van der Waals surface area contributed by atoms with Crippen LogP contribution in [0.4, 0.5) is 17.3 Å². The Morgan fingerprint density at radius 2 is 2.19 bits per heavy atom. The first-order chi connectivity index (χ1) is 9.87. The molecule has 0 bridgehead atoms. The molecule has 2 saturated heterocycles. The molecule has 0 aromatic carbocycles. The molecule has 4 unspecified atom stereocenters. The topological polar surface area (TPSA) is 158 Å². The zero-order valence-electron chi connectivity index (χ0n) is 10.8. The molecule has 112 valence electrons. The number of nitrogens with two attached hydrogens (primary N) is 2. The molecule has 0 saturated carbocycles. The average molecular weight is 314 g/mol. The molecule has 21 heavy (non-hydrogen) atoms. The summed E-state index contributed by atoms with van der Waals surface area (Å²) in [6, 6.07) is 0. The number of nitrogen functional groups attached to an aromatic ring is 2. The van der Waals surface area contributed by atoms with Crippen molar-refractivity contribution in [3.8, 4) is 0 Å². The van der Waals surface area contributed by atoms with E-state index in [4.69, 9.17) is 32.8 Å². The summed E-state index contributed by atoms with van der Waals surface area (Å²) in [6.07, 6.45) is -2.10. The van der Waals surface area contributed by atoms with Gasteiger partial charge in [-0.15, -0.1) is 0 Å². The monoisotopic (exact) mass is 314 g/mol. The van der Waals surface area contributed by atoms with Crippen LogP contribution in [-0.4, -0.2) is 58.7 Å². The van der Waals surface area contributed by atoms with Crippen LogP contribution in [0.15, 0.2) is 6.33 Å². The summed E-state index contributed by atoms with van der Waals surface area (Å²) in [7, 11) is 2.01. The third-order valence-electron chi connectivity index (χ3n) is 3.22. The van der Waals surface area contributed by atoms with Crippen LogP contribution in [0.2, 0.25) is 0 Å². The molecule has 3 rings (SSSR count). The summed E-state index contributed by atoms with van der Waals surface area (Å²) in [5, 5.41) is 13.0. The Morgan fingerprint density at radius 3 is 2.95 bits per heavy atom. The lowest BCUT2D eigenvalue weighted by Crippen LogP contribution is -2.41. The van der Waals surface area contributed by atoms with E-state index in [1.807, 2.05) is 0 Å². The van der Waals surface area contributed by atoms with Crippen LogP contribution >= 0.6 is 7.82 Å². The molecule has 2 aliphatic rings. The summed E-state index contributed by atoms with van der Waals surface area (Å²) in [5.41, 5.74) is 11.5. The van der Waals surface area contributed by atoms with Crippen molar-refractivity contribution in [3.05, 3.63) is 6.33 Å². The van der Waals surface area contributed by atoms with Crippen LogP contribution in [0, 0.1) is 0 Å². The number of nitrogens with one attached hydrogen (secondary N) is 1. The molecule has 12 heteroatoms. The highest BCUT2D eigenvalue weighted by Gasteiger charge is 2.56.